The third-order valence-electron chi connectivity index (χ3n) is 3.60. The minimum atomic E-state index is -0.591. The van der Waals surface area contributed by atoms with E-state index < -0.39 is 11.6 Å². The van der Waals surface area contributed by atoms with Gasteiger partial charge < -0.3 is 15.1 Å². The van der Waals surface area contributed by atoms with Crippen molar-refractivity contribution in [1.82, 2.24) is 10.6 Å². The number of nitrogens with zero attached hydrogens (tertiary/aromatic N) is 1. The number of nitrogens with one attached hydrogen (secondary N) is 2. The van der Waals surface area contributed by atoms with Gasteiger partial charge in [-0.25, -0.2) is 8.78 Å². The summed E-state index contributed by atoms with van der Waals surface area (Å²) >= 11 is 0. The second kappa shape index (κ2) is 9.00. The topological polar surface area (TPSA) is 49.6 Å². The number of hydrogen-bond donors (Lipinski definition) is 2. The minimum Gasteiger partial charge on any atom is -0.466 e. The molecule has 1 atom stereocenters. The van der Waals surface area contributed by atoms with E-state index in [-0.39, 0.29) is 30.0 Å². The molecule has 0 fully saturated rings. The second-order valence-corrected chi connectivity index (χ2v) is 5.40. The lowest BCUT2D eigenvalue weighted by atomic mass is 10.1. The Morgan fingerprint density at radius 3 is 2.50 bits per heavy atom. The molecular formula is C17H22F2IN3O. The highest BCUT2D eigenvalue weighted by atomic mass is 127. The van der Waals surface area contributed by atoms with Crippen molar-refractivity contribution in [3.05, 3.63) is 58.5 Å². The van der Waals surface area contributed by atoms with Crippen molar-refractivity contribution in [2.45, 2.75) is 33.4 Å². The maximum Gasteiger partial charge on any atom is 0.191 e. The number of aliphatic imine (C=N–C) groups is 1. The Bertz CT molecular complexity index is 716. The number of rotatable bonds is 4. The Balaban J connectivity index is 0.00000288. The fourth-order valence-electron chi connectivity index (χ4n) is 2.37. The van der Waals surface area contributed by atoms with E-state index in [1.165, 1.54) is 12.1 Å². The van der Waals surface area contributed by atoms with E-state index in [1.54, 1.807) is 14.0 Å². The smallest absolute Gasteiger partial charge is 0.191 e. The summed E-state index contributed by atoms with van der Waals surface area (Å²) in [5, 5.41) is 6.24. The first-order chi connectivity index (χ1) is 10.9. The highest BCUT2D eigenvalue weighted by Gasteiger charge is 2.13. The zero-order valence-electron chi connectivity index (χ0n) is 14.1. The van der Waals surface area contributed by atoms with Crippen LogP contribution < -0.4 is 10.6 Å². The summed E-state index contributed by atoms with van der Waals surface area (Å²) in [5.41, 5.74) is 1.41. The molecule has 2 aromatic rings. The van der Waals surface area contributed by atoms with Crippen LogP contribution in [0.1, 0.15) is 35.6 Å². The van der Waals surface area contributed by atoms with Crippen molar-refractivity contribution < 1.29 is 13.2 Å². The van der Waals surface area contributed by atoms with Gasteiger partial charge in [0, 0.05) is 30.8 Å². The number of benzene rings is 1. The number of guanidine groups is 1. The van der Waals surface area contributed by atoms with Gasteiger partial charge in [-0.1, -0.05) is 6.07 Å². The molecule has 1 aromatic carbocycles. The van der Waals surface area contributed by atoms with E-state index in [0.717, 1.165) is 23.2 Å². The van der Waals surface area contributed by atoms with E-state index in [9.17, 15) is 8.78 Å². The first-order valence-corrected chi connectivity index (χ1v) is 7.38. The zero-order valence-corrected chi connectivity index (χ0v) is 16.4. The van der Waals surface area contributed by atoms with E-state index in [4.69, 9.17) is 4.42 Å². The molecule has 0 spiro atoms. The highest BCUT2D eigenvalue weighted by Crippen LogP contribution is 2.18. The summed E-state index contributed by atoms with van der Waals surface area (Å²) < 4.78 is 32.3. The summed E-state index contributed by atoms with van der Waals surface area (Å²) in [5.74, 6) is 1.06. The molecular weight excluding hydrogens is 427 g/mol. The Morgan fingerprint density at radius 1 is 1.25 bits per heavy atom. The first-order valence-electron chi connectivity index (χ1n) is 7.38. The van der Waals surface area contributed by atoms with Crippen molar-refractivity contribution >= 4 is 29.9 Å². The summed E-state index contributed by atoms with van der Waals surface area (Å²) in [6.07, 6.45) is 0. The van der Waals surface area contributed by atoms with E-state index in [1.807, 2.05) is 19.9 Å². The second-order valence-electron chi connectivity index (χ2n) is 5.40. The fraction of sp³-hybridized carbons (Fsp3) is 0.353. The normalized spacial score (nSPS) is 12.5. The van der Waals surface area contributed by atoms with Crippen LogP contribution in [0.3, 0.4) is 0 Å². The summed E-state index contributed by atoms with van der Waals surface area (Å²) in [6.45, 7) is 6.12. The molecule has 2 rings (SSSR count). The van der Waals surface area contributed by atoms with Crippen molar-refractivity contribution in [3.8, 4) is 0 Å². The lowest BCUT2D eigenvalue weighted by Crippen LogP contribution is -2.38. The molecule has 1 unspecified atom stereocenters. The third-order valence-corrected chi connectivity index (χ3v) is 3.60. The maximum absolute atomic E-state index is 13.8. The average Bonchev–Trinajstić information content (AvgIpc) is 2.81. The number of halogens is 3. The van der Waals surface area contributed by atoms with Gasteiger partial charge >= 0.3 is 0 Å². The first kappa shape index (κ1) is 20.4. The van der Waals surface area contributed by atoms with E-state index >= 15 is 0 Å². The Hall–Kier alpha value is -1.64. The average molecular weight is 449 g/mol. The third kappa shape index (κ3) is 5.19. The van der Waals surface area contributed by atoms with Crippen molar-refractivity contribution in [2.24, 2.45) is 4.99 Å². The minimum absolute atomic E-state index is 0. The van der Waals surface area contributed by atoms with Crippen LogP contribution in [0.2, 0.25) is 0 Å². The summed E-state index contributed by atoms with van der Waals surface area (Å²) in [4.78, 5) is 4.12. The molecule has 0 saturated heterocycles. The van der Waals surface area contributed by atoms with Crippen LogP contribution in [-0.4, -0.2) is 13.0 Å². The largest absolute Gasteiger partial charge is 0.466 e. The molecule has 1 heterocycles. The van der Waals surface area contributed by atoms with Crippen LogP contribution in [-0.2, 0) is 6.54 Å². The van der Waals surface area contributed by atoms with Crippen molar-refractivity contribution in [3.63, 3.8) is 0 Å². The molecule has 2 N–H and O–H groups in total. The highest BCUT2D eigenvalue weighted by molar-refractivity contribution is 14.0. The van der Waals surface area contributed by atoms with Gasteiger partial charge in [-0.15, -0.1) is 24.0 Å². The van der Waals surface area contributed by atoms with Gasteiger partial charge in [0.15, 0.2) is 5.96 Å². The lowest BCUT2D eigenvalue weighted by Gasteiger charge is -2.18. The standard InChI is InChI=1S/C17H21F2N3O.HI/c1-10-7-13(12(3)23-10)9-21-17(20-4)22-11(2)15-6-5-14(18)8-16(15)19;/h5-8,11H,9H2,1-4H3,(H2,20,21,22);1H. The van der Waals surface area contributed by atoms with Crippen LogP contribution in [0.15, 0.2) is 33.7 Å². The maximum atomic E-state index is 13.8. The van der Waals surface area contributed by atoms with Gasteiger partial charge in [-0.05, 0) is 32.9 Å². The van der Waals surface area contributed by atoms with Gasteiger partial charge in [-0.3, -0.25) is 4.99 Å². The van der Waals surface area contributed by atoms with Gasteiger partial charge in [0.1, 0.15) is 23.2 Å². The quantitative estimate of drug-likeness (QED) is 0.418. The molecule has 132 valence electrons. The predicted molar refractivity (Wildman–Crippen MR) is 102 cm³/mol. The van der Waals surface area contributed by atoms with Crippen LogP contribution >= 0.6 is 24.0 Å². The molecule has 0 amide bonds. The van der Waals surface area contributed by atoms with E-state index in [2.05, 4.69) is 15.6 Å². The number of aryl methyl sites for hydroxylation is 2. The lowest BCUT2D eigenvalue weighted by molar-refractivity contribution is 0.500. The SMILES string of the molecule is CN=C(NCc1cc(C)oc1C)NC(C)c1ccc(F)cc1F.I. The van der Waals surface area contributed by atoms with Gasteiger partial charge in [0.2, 0.25) is 0 Å². The molecule has 0 aliphatic rings. The molecule has 0 aliphatic carbocycles. The van der Waals surface area contributed by atoms with E-state index in [0.29, 0.717) is 18.1 Å². The molecule has 0 aliphatic heterocycles. The predicted octanol–water partition coefficient (Wildman–Crippen LogP) is 4.22. The Labute approximate surface area is 157 Å². The summed E-state index contributed by atoms with van der Waals surface area (Å²) in [7, 11) is 1.64. The molecule has 1 aromatic heterocycles. The van der Waals surface area contributed by atoms with Crippen molar-refractivity contribution in [1.29, 1.82) is 0 Å². The molecule has 7 heteroatoms. The molecule has 4 nitrogen and oxygen atoms in total. The molecule has 0 radical (unpaired) electrons. The molecule has 0 bridgehead atoms. The molecule has 24 heavy (non-hydrogen) atoms. The van der Waals surface area contributed by atoms with Gasteiger partial charge in [0.05, 0.1) is 6.04 Å². The summed E-state index contributed by atoms with van der Waals surface area (Å²) in [6, 6.07) is 5.15. The Kier molecular flexibility index (Phi) is 7.65. The van der Waals surface area contributed by atoms with Gasteiger partial charge in [0.25, 0.3) is 0 Å². The zero-order chi connectivity index (χ0) is 17.0. The van der Waals surface area contributed by atoms with Crippen LogP contribution in [0.5, 0.6) is 0 Å². The van der Waals surface area contributed by atoms with Crippen LogP contribution in [0, 0.1) is 25.5 Å². The monoisotopic (exact) mass is 449 g/mol. The number of hydrogen-bond acceptors (Lipinski definition) is 2. The Morgan fingerprint density at radius 2 is 1.96 bits per heavy atom. The van der Waals surface area contributed by atoms with Crippen LogP contribution in [0.25, 0.3) is 0 Å². The van der Waals surface area contributed by atoms with Crippen LogP contribution in [0.4, 0.5) is 8.78 Å². The number of furan rings is 1. The molecule has 0 saturated carbocycles. The fourth-order valence-corrected chi connectivity index (χ4v) is 2.37. The van der Waals surface area contributed by atoms with Crippen molar-refractivity contribution in [2.75, 3.05) is 7.05 Å². The van der Waals surface area contributed by atoms with Gasteiger partial charge in [-0.2, -0.15) is 0 Å².